The molecule has 0 unspecified atom stereocenters. The lowest BCUT2D eigenvalue weighted by Crippen LogP contribution is -2.18. The van der Waals surface area contributed by atoms with E-state index in [1.807, 2.05) is 42.5 Å². The smallest absolute Gasteiger partial charge is 0.274 e. The molecule has 0 saturated heterocycles. The maximum absolute atomic E-state index is 13.0. The molecule has 0 aliphatic carbocycles. The minimum atomic E-state index is -0.327. The van der Waals surface area contributed by atoms with Crippen LogP contribution in [-0.2, 0) is 6.42 Å². The van der Waals surface area contributed by atoms with Crippen molar-refractivity contribution in [3.05, 3.63) is 94.2 Å². The van der Waals surface area contributed by atoms with Crippen molar-refractivity contribution in [3.8, 4) is 0 Å². The number of H-pyrrole nitrogens is 1. The van der Waals surface area contributed by atoms with Crippen molar-refractivity contribution in [2.24, 2.45) is 0 Å². The fourth-order valence-electron chi connectivity index (χ4n) is 2.79. The predicted molar refractivity (Wildman–Crippen MR) is 99.1 cm³/mol. The van der Waals surface area contributed by atoms with Gasteiger partial charge < -0.3 is 5.32 Å². The van der Waals surface area contributed by atoms with Crippen LogP contribution < -0.4 is 10.9 Å². The third-order valence-electron chi connectivity index (χ3n) is 4.09. The summed E-state index contributed by atoms with van der Waals surface area (Å²) < 4.78 is 13.0. The van der Waals surface area contributed by atoms with Gasteiger partial charge in [-0.1, -0.05) is 48.5 Å². The lowest BCUT2D eigenvalue weighted by atomic mass is 10.1. The van der Waals surface area contributed by atoms with Crippen LogP contribution in [-0.4, -0.2) is 15.2 Å². The van der Waals surface area contributed by atoms with Crippen LogP contribution >= 0.6 is 0 Å². The van der Waals surface area contributed by atoms with Gasteiger partial charge in [0.15, 0.2) is 0 Å². The molecule has 0 atom stereocenters. The third-order valence-corrected chi connectivity index (χ3v) is 4.09. The summed E-state index contributed by atoms with van der Waals surface area (Å²) >= 11 is 0. The van der Waals surface area contributed by atoms with E-state index in [2.05, 4.69) is 20.5 Å². The lowest BCUT2D eigenvalue weighted by molar-refractivity contribution is 0.627. The van der Waals surface area contributed by atoms with E-state index in [9.17, 15) is 9.18 Å². The summed E-state index contributed by atoms with van der Waals surface area (Å²) in [6.07, 6.45) is 0.289. The highest BCUT2D eigenvalue weighted by Gasteiger charge is 2.08. The Morgan fingerprint density at radius 3 is 2.50 bits per heavy atom. The second-order valence-electron chi connectivity index (χ2n) is 5.90. The molecule has 0 spiro atoms. The summed E-state index contributed by atoms with van der Waals surface area (Å²) in [5.41, 5.74) is 1.58. The van der Waals surface area contributed by atoms with Crippen LogP contribution in [0.25, 0.3) is 10.8 Å². The minimum Gasteiger partial charge on any atom is -0.324 e. The molecule has 0 bridgehead atoms. The fraction of sp³-hybridized carbons (Fsp3) is 0.0500. The van der Waals surface area contributed by atoms with E-state index >= 15 is 0 Å². The molecule has 128 valence electrons. The molecule has 0 amide bonds. The SMILES string of the molecule is O=c1[nH]c(Nc2cccc3ccccc23)nnc1Cc1ccc(F)cc1. The number of rotatable bonds is 4. The van der Waals surface area contributed by atoms with E-state index in [1.54, 1.807) is 12.1 Å². The highest BCUT2D eigenvalue weighted by atomic mass is 19.1. The monoisotopic (exact) mass is 346 g/mol. The Labute approximate surface area is 148 Å². The number of aromatic nitrogens is 3. The Bertz CT molecular complexity index is 1120. The standard InChI is InChI=1S/C20H15FN4O/c21-15-10-8-13(9-11-15)12-18-19(26)23-20(25-24-18)22-17-7-3-5-14-4-1-2-6-16(14)17/h1-11H,12H2,(H2,22,23,25,26). The molecule has 2 N–H and O–H groups in total. The third kappa shape index (κ3) is 3.30. The van der Waals surface area contributed by atoms with E-state index in [1.165, 1.54) is 12.1 Å². The summed E-state index contributed by atoms with van der Waals surface area (Å²) in [6.45, 7) is 0. The van der Waals surface area contributed by atoms with E-state index in [4.69, 9.17) is 0 Å². The summed E-state index contributed by atoms with van der Waals surface area (Å²) in [5.74, 6) is -0.0439. The first-order valence-electron chi connectivity index (χ1n) is 8.14. The van der Waals surface area contributed by atoms with Crippen molar-refractivity contribution in [1.29, 1.82) is 0 Å². The largest absolute Gasteiger partial charge is 0.324 e. The number of fused-ring (bicyclic) bond motifs is 1. The van der Waals surface area contributed by atoms with Crippen molar-refractivity contribution >= 4 is 22.4 Å². The van der Waals surface area contributed by atoms with E-state index in [0.29, 0.717) is 0 Å². The van der Waals surface area contributed by atoms with Crippen molar-refractivity contribution < 1.29 is 4.39 Å². The Morgan fingerprint density at radius 1 is 0.923 bits per heavy atom. The molecule has 26 heavy (non-hydrogen) atoms. The zero-order valence-electron chi connectivity index (χ0n) is 13.7. The Balaban J connectivity index is 1.59. The molecular formula is C20H15FN4O. The molecule has 6 heteroatoms. The first kappa shape index (κ1) is 16.0. The number of nitrogens with zero attached hydrogens (tertiary/aromatic N) is 2. The van der Waals surface area contributed by atoms with Gasteiger partial charge in [-0.15, -0.1) is 10.2 Å². The number of benzene rings is 3. The zero-order chi connectivity index (χ0) is 17.9. The number of halogens is 1. The molecule has 4 rings (SSSR count). The molecule has 3 aromatic carbocycles. The van der Waals surface area contributed by atoms with Gasteiger partial charge in [0, 0.05) is 17.5 Å². The molecule has 0 radical (unpaired) electrons. The minimum absolute atomic E-state index is 0.272. The van der Waals surface area contributed by atoms with Crippen molar-refractivity contribution in [2.45, 2.75) is 6.42 Å². The zero-order valence-corrected chi connectivity index (χ0v) is 13.7. The van der Waals surface area contributed by atoms with Gasteiger partial charge in [0.1, 0.15) is 11.5 Å². The number of nitrogens with one attached hydrogen (secondary N) is 2. The van der Waals surface area contributed by atoms with Crippen LogP contribution in [0.15, 0.2) is 71.5 Å². The fourth-order valence-corrected chi connectivity index (χ4v) is 2.79. The molecule has 1 aromatic heterocycles. The highest BCUT2D eigenvalue weighted by Crippen LogP contribution is 2.24. The van der Waals surface area contributed by atoms with E-state index < -0.39 is 0 Å². The summed E-state index contributed by atoms with van der Waals surface area (Å²) in [7, 11) is 0. The number of anilines is 2. The van der Waals surface area contributed by atoms with Gasteiger partial charge >= 0.3 is 0 Å². The van der Waals surface area contributed by atoms with Gasteiger partial charge in [-0.2, -0.15) is 0 Å². The van der Waals surface area contributed by atoms with Gasteiger partial charge in [0.05, 0.1) is 0 Å². The van der Waals surface area contributed by atoms with Gasteiger partial charge in [-0.3, -0.25) is 9.78 Å². The first-order chi connectivity index (χ1) is 12.7. The summed E-state index contributed by atoms with van der Waals surface area (Å²) in [5, 5.41) is 13.3. The molecule has 1 heterocycles. The van der Waals surface area contributed by atoms with Gasteiger partial charge in [0.2, 0.25) is 5.95 Å². The Hall–Kier alpha value is -3.54. The normalized spacial score (nSPS) is 10.8. The highest BCUT2D eigenvalue weighted by molar-refractivity contribution is 5.94. The molecular weight excluding hydrogens is 331 g/mol. The van der Waals surface area contributed by atoms with Crippen molar-refractivity contribution in [1.82, 2.24) is 15.2 Å². The summed E-state index contributed by atoms with van der Waals surface area (Å²) in [4.78, 5) is 15.0. The van der Waals surface area contributed by atoms with Crippen LogP contribution in [0.1, 0.15) is 11.3 Å². The van der Waals surface area contributed by atoms with Gasteiger partial charge in [0.25, 0.3) is 5.56 Å². The van der Waals surface area contributed by atoms with Crippen LogP contribution in [0.4, 0.5) is 16.0 Å². The second-order valence-corrected chi connectivity index (χ2v) is 5.90. The van der Waals surface area contributed by atoms with E-state index in [-0.39, 0.29) is 29.4 Å². The number of hydrogen-bond acceptors (Lipinski definition) is 4. The van der Waals surface area contributed by atoms with E-state index in [0.717, 1.165) is 22.0 Å². The van der Waals surface area contributed by atoms with Crippen LogP contribution in [0.5, 0.6) is 0 Å². The Morgan fingerprint density at radius 2 is 1.69 bits per heavy atom. The molecule has 0 aliphatic rings. The number of hydrogen-bond donors (Lipinski definition) is 2. The topological polar surface area (TPSA) is 70.7 Å². The maximum Gasteiger partial charge on any atom is 0.274 e. The molecule has 0 fully saturated rings. The first-order valence-corrected chi connectivity index (χ1v) is 8.14. The quantitative estimate of drug-likeness (QED) is 0.590. The van der Waals surface area contributed by atoms with Crippen molar-refractivity contribution in [3.63, 3.8) is 0 Å². The molecule has 0 aliphatic heterocycles. The second kappa shape index (κ2) is 6.76. The van der Waals surface area contributed by atoms with Crippen LogP contribution in [0, 0.1) is 5.82 Å². The average molecular weight is 346 g/mol. The predicted octanol–water partition coefficient (Wildman–Crippen LogP) is 3.79. The Kier molecular flexibility index (Phi) is 4.15. The average Bonchev–Trinajstić information content (AvgIpc) is 2.66. The number of aromatic amines is 1. The molecule has 5 nitrogen and oxygen atoms in total. The van der Waals surface area contributed by atoms with Crippen LogP contribution in [0.3, 0.4) is 0 Å². The maximum atomic E-state index is 13.0. The molecule has 4 aromatic rings. The van der Waals surface area contributed by atoms with Crippen LogP contribution in [0.2, 0.25) is 0 Å². The lowest BCUT2D eigenvalue weighted by Gasteiger charge is -2.08. The summed E-state index contributed by atoms with van der Waals surface area (Å²) in [6, 6.07) is 19.7. The van der Waals surface area contributed by atoms with Gasteiger partial charge in [-0.25, -0.2) is 4.39 Å². The molecule has 0 saturated carbocycles. The van der Waals surface area contributed by atoms with Crippen molar-refractivity contribution in [2.75, 3.05) is 5.32 Å². The van der Waals surface area contributed by atoms with Gasteiger partial charge in [-0.05, 0) is 29.1 Å².